The molecule has 0 fully saturated rings. The summed E-state index contributed by atoms with van der Waals surface area (Å²) >= 11 is 9.33. The topological polar surface area (TPSA) is 89.0 Å². The standard InChI is InChI=1S/C27H24BrClN4O3/c1-32(2)24(35)16-33(23(34)15-28)20-11-9-19(10-12-20)30-26(17-6-4-3-5-7-17)25-21-13-8-18(29)14-22(21)31-27(25)36/h3-14,31,36H,15-16H2,1-2H3. The minimum atomic E-state index is -0.228. The number of carbonyl (C=O) groups excluding carboxylic acids is 2. The van der Waals surface area contributed by atoms with Crippen LogP contribution in [-0.2, 0) is 9.59 Å². The average Bonchev–Trinajstić information content (AvgIpc) is 3.20. The number of aromatic nitrogens is 1. The molecule has 184 valence electrons. The Balaban J connectivity index is 1.78. The number of H-pyrrole nitrogens is 1. The van der Waals surface area contributed by atoms with Crippen LogP contribution in [0.1, 0.15) is 11.1 Å². The number of aromatic amines is 1. The Morgan fingerprint density at radius 1 is 1.00 bits per heavy atom. The number of benzene rings is 3. The van der Waals surface area contributed by atoms with E-state index < -0.39 is 0 Å². The molecule has 0 bridgehead atoms. The van der Waals surface area contributed by atoms with Crippen molar-refractivity contribution in [2.24, 2.45) is 4.99 Å². The minimum absolute atomic E-state index is 0.0113. The monoisotopic (exact) mass is 566 g/mol. The number of fused-ring (bicyclic) bond motifs is 1. The van der Waals surface area contributed by atoms with E-state index in [4.69, 9.17) is 16.6 Å². The van der Waals surface area contributed by atoms with Crippen molar-refractivity contribution in [3.8, 4) is 5.88 Å². The number of nitrogens with zero attached hydrogens (tertiary/aromatic N) is 3. The molecule has 7 nitrogen and oxygen atoms in total. The molecule has 0 atom stereocenters. The number of nitrogens with one attached hydrogen (secondary N) is 1. The van der Waals surface area contributed by atoms with Crippen molar-refractivity contribution in [2.75, 3.05) is 30.9 Å². The summed E-state index contributed by atoms with van der Waals surface area (Å²) in [6.07, 6.45) is 0. The minimum Gasteiger partial charge on any atom is -0.494 e. The number of aliphatic imine (C=N–C) groups is 1. The highest BCUT2D eigenvalue weighted by Crippen LogP contribution is 2.33. The maximum absolute atomic E-state index is 12.5. The van der Waals surface area contributed by atoms with Gasteiger partial charge in [0.2, 0.25) is 11.8 Å². The molecule has 0 aliphatic rings. The van der Waals surface area contributed by atoms with Crippen LogP contribution in [0.2, 0.25) is 5.02 Å². The second-order valence-electron chi connectivity index (χ2n) is 8.28. The van der Waals surface area contributed by atoms with Gasteiger partial charge in [-0.1, -0.05) is 63.9 Å². The molecule has 3 aromatic carbocycles. The first-order valence-electron chi connectivity index (χ1n) is 11.1. The highest BCUT2D eigenvalue weighted by molar-refractivity contribution is 9.09. The number of alkyl halides is 1. The van der Waals surface area contributed by atoms with E-state index in [0.29, 0.717) is 33.2 Å². The van der Waals surface area contributed by atoms with Crippen LogP contribution in [0.5, 0.6) is 5.88 Å². The summed E-state index contributed by atoms with van der Waals surface area (Å²) < 4.78 is 0. The van der Waals surface area contributed by atoms with E-state index in [1.165, 1.54) is 9.80 Å². The molecular weight excluding hydrogens is 544 g/mol. The molecular formula is C27H24BrClN4O3. The van der Waals surface area contributed by atoms with Gasteiger partial charge >= 0.3 is 0 Å². The van der Waals surface area contributed by atoms with E-state index in [9.17, 15) is 14.7 Å². The summed E-state index contributed by atoms with van der Waals surface area (Å²) in [6, 6.07) is 22.0. The van der Waals surface area contributed by atoms with Crippen LogP contribution >= 0.6 is 27.5 Å². The van der Waals surface area contributed by atoms with Crippen molar-refractivity contribution in [3.05, 3.63) is 88.9 Å². The van der Waals surface area contributed by atoms with Crippen LogP contribution in [0, 0.1) is 0 Å². The van der Waals surface area contributed by atoms with Crippen LogP contribution in [0.15, 0.2) is 77.8 Å². The van der Waals surface area contributed by atoms with Crippen molar-refractivity contribution >= 4 is 67.3 Å². The molecule has 2 amide bonds. The first kappa shape index (κ1) is 25.5. The fraction of sp³-hybridized carbons (Fsp3) is 0.148. The molecule has 4 rings (SSSR count). The van der Waals surface area contributed by atoms with Crippen LogP contribution in [0.4, 0.5) is 11.4 Å². The number of carbonyl (C=O) groups is 2. The van der Waals surface area contributed by atoms with Gasteiger partial charge in [-0.15, -0.1) is 0 Å². The van der Waals surface area contributed by atoms with Crippen LogP contribution in [0.3, 0.4) is 0 Å². The van der Waals surface area contributed by atoms with E-state index >= 15 is 0 Å². The molecule has 0 radical (unpaired) electrons. The van der Waals surface area contributed by atoms with Gasteiger partial charge in [-0.3, -0.25) is 9.59 Å². The molecule has 4 aromatic rings. The van der Waals surface area contributed by atoms with E-state index in [2.05, 4.69) is 20.9 Å². The Morgan fingerprint density at radius 2 is 1.69 bits per heavy atom. The Kier molecular flexibility index (Phi) is 7.76. The predicted octanol–water partition coefficient (Wildman–Crippen LogP) is 5.51. The summed E-state index contributed by atoms with van der Waals surface area (Å²) in [5.74, 6) is -0.427. The first-order chi connectivity index (χ1) is 17.3. The fourth-order valence-corrected chi connectivity index (χ4v) is 4.24. The molecule has 36 heavy (non-hydrogen) atoms. The second-order valence-corrected chi connectivity index (χ2v) is 9.28. The molecule has 0 spiro atoms. The zero-order chi connectivity index (χ0) is 25.8. The molecule has 0 saturated heterocycles. The summed E-state index contributed by atoms with van der Waals surface area (Å²) in [4.78, 5) is 35.5. The molecule has 0 saturated carbocycles. The van der Waals surface area contributed by atoms with Crippen molar-refractivity contribution in [2.45, 2.75) is 0 Å². The zero-order valence-electron chi connectivity index (χ0n) is 19.7. The molecule has 0 aliphatic carbocycles. The number of anilines is 1. The van der Waals surface area contributed by atoms with Crippen LogP contribution < -0.4 is 4.90 Å². The lowest BCUT2D eigenvalue weighted by Gasteiger charge is -2.23. The lowest BCUT2D eigenvalue weighted by atomic mass is 10.0. The SMILES string of the molecule is CN(C)C(=O)CN(C(=O)CBr)c1ccc(N=C(c2ccccc2)c2c(O)[nH]c3cc(Cl)ccc23)cc1. The fourth-order valence-electron chi connectivity index (χ4n) is 3.76. The summed E-state index contributed by atoms with van der Waals surface area (Å²) in [6.45, 7) is -0.0684. The van der Waals surface area contributed by atoms with Crippen LogP contribution in [-0.4, -0.2) is 58.5 Å². The summed E-state index contributed by atoms with van der Waals surface area (Å²) in [7, 11) is 3.30. The van der Waals surface area contributed by atoms with Gasteiger partial charge in [0.05, 0.1) is 27.8 Å². The zero-order valence-corrected chi connectivity index (χ0v) is 22.0. The van der Waals surface area contributed by atoms with E-state index in [1.54, 1.807) is 50.5 Å². The summed E-state index contributed by atoms with van der Waals surface area (Å²) in [5, 5.41) is 12.2. The maximum atomic E-state index is 12.5. The second kappa shape index (κ2) is 11.0. The van der Waals surface area contributed by atoms with Crippen molar-refractivity contribution in [3.63, 3.8) is 0 Å². The molecule has 0 aliphatic heterocycles. The van der Waals surface area contributed by atoms with Crippen molar-refractivity contribution in [1.82, 2.24) is 9.88 Å². The van der Waals surface area contributed by atoms with Gasteiger partial charge in [0.25, 0.3) is 0 Å². The third-order valence-corrected chi connectivity index (χ3v) is 6.35. The third kappa shape index (κ3) is 5.45. The Morgan fingerprint density at radius 3 is 2.33 bits per heavy atom. The number of likely N-dealkylation sites (N-methyl/N-ethyl adjacent to an activating group) is 1. The molecule has 2 N–H and O–H groups in total. The smallest absolute Gasteiger partial charge is 0.242 e. The van der Waals surface area contributed by atoms with Crippen molar-refractivity contribution in [1.29, 1.82) is 0 Å². The van der Waals surface area contributed by atoms with E-state index in [-0.39, 0.29) is 29.6 Å². The molecule has 0 unspecified atom stereocenters. The maximum Gasteiger partial charge on any atom is 0.242 e. The van der Waals surface area contributed by atoms with E-state index in [0.717, 1.165) is 10.9 Å². The molecule has 9 heteroatoms. The normalized spacial score (nSPS) is 11.5. The van der Waals surface area contributed by atoms with Gasteiger partial charge in [0.15, 0.2) is 5.88 Å². The van der Waals surface area contributed by atoms with Gasteiger partial charge in [0, 0.05) is 35.8 Å². The summed E-state index contributed by atoms with van der Waals surface area (Å²) in [5.41, 5.74) is 3.85. The van der Waals surface area contributed by atoms with Crippen LogP contribution in [0.25, 0.3) is 10.9 Å². The lowest BCUT2D eigenvalue weighted by Crippen LogP contribution is -2.41. The average molecular weight is 568 g/mol. The van der Waals surface area contributed by atoms with Crippen molar-refractivity contribution < 1.29 is 14.7 Å². The Bertz CT molecular complexity index is 1430. The lowest BCUT2D eigenvalue weighted by molar-refractivity contribution is -0.128. The Hall–Kier alpha value is -3.62. The van der Waals surface area contributed by atoms with E-state index in [1.807, 2.05) is 36.4 Å². The number of amides is 2. The van der Waals surface area contributed by atoms with Gasteiger partial charge in [-0.25, -0.2) is 4.99 Å². The van der Waals surface area contributed by atoms with Gasteiger partial charge < -0.3 is 19.9 Å². The third-order valence-electron chi connectivity index (χ3n) is 5.63. The Labute approximate surface area is 222 Å². The first-order valence-corrected chi connectivity index (χ1v) is 12.6. The molecule has 1 aromatic heterocycles. The largest absolute Gasteiger partial charge is 0.494 e. The quantitative estimate of drug-likeness (QED) is 0.228. The number of rotatable bonds is 7. The number of hydrogen-bond donors (Lipinski definition) is 2. The number of halogens is 2. The van der Waals surface area contributed by atoms with Gasteiger partial charge in [0.1, 0.15) is 6.54 Å². The highest BCUT2D eigenvalue weighted by atomic mass is 79.9. The molecule has 1 heterocycles. The predicted molar refractivity (Wildman–Crippen MR) is 148 cm³/mol. The number of hydrogen-bond acceptors (Lipinski definition) is 4. The van der Waals surface area contributed by atoms with Gasteiger partial charge in [-0.2, -0.15) is 0 Å². The highest BCUT2D eigenvalue weighted by Gasteiger charge is 2.21. The number of aromatic hydroxyl groups is 1. The van der Waals surface area contributed by atoms with Gasteiger partial charge in [-0.05, 0) is 36.4 Å².